The van der Waals surface area contributed by atoms with Gasteiger partial charge >= 0.3 is 0 Å². The van der Waals surface area contributed by atoms with E-state index in [9.17, 15) is 0 Å². The van der Waals surface area contributed by atoms with Crippen LogP contribution in [0.1, 0.15) is 37.8 Å². The first-order chi connectivity index (χ1) is 7.31. The smallest absolute Gasteiger partial charge is 0.0406 e. The van der Waals surface area contributed by atoms with Crippen molar-refractivity contribution in [1.29, 1.82) is 0 Å². The fraction of sp³-hybridized carbons (Fsp3) is 0.538. The molecule has 2 heteroatoms. The van der Waals surface area contributed by atoms with Crippen LogP contribution in [0.25, 0.3) is 0 Å². The molecule has 1 aliphatic carbocycles. The van der Waals surface area contributed by atoms with Crippen molar-refractivity contribution in [3.05, 3.63) is 34.9 Å². The Morgan fingerprint density at radius 2 is 2.00 bits per heavy atom. The van der Waals surface area contributed by atoms with E-state index in [1.54, 1.807) is 0 Å². The normalized spacial score (nSPS) is 17.7. The highest BCUT2D eigenvalue weighted by atomic mass is 35.5. The minimum atomic E-state index is 0.544. The van der Waals surface area contributed by atoms with Crippen molar-refractivity contribution in [3.63, 3.8) is 0 Å². The summed E-state index contributed by atoms with van der Waals surface area (Å²) >= 11 is 5.90. The van der Waals surface area contributed by atoms with E-state index in [4.69, 9.17) is 11.6 Å². The molecule has 1 fully saturated rings. The first-order valence-electron chi connectivity index (χ1n) is 5.80. The molecule has 1 aromatic rings. The van der Waals surface area contributed by atoms with Gasteiger partial charge in [0.05, 0.1) is 0 Å². The molecular formula is C13H18ClN. The highest BCUT2D eigenvalue weighted by molar-refractivity contribution is 6.30. The largest absolute Gasteiger partial charge is 0.310 e. The second kappa shape index (κ2) is 5.00. The SMILES string of the molecule is CCCNC(c1ccc(Cl)cc1)C1CC1. The third-order valence-electron chi connectivity index (χ3n) is 2.94. The Morgan fingerprint density at radius 1 is 1.33 bits per heavy atom. The first-order valence-corrected chi connectivity index (χ1v) is 6.18. The summed E-state index contributed by atoms with van der Waals surface area (Å²) in [7, 11) is 0. The lowest BCUT2D eigenvalue weighted by Gasteiger charge is -2.18. The number of nitrogens with one attached hydrogen (secondary N) is 1. The minimum absolute atomic E-state index is 0.544. The van der Waals surface area contributed by atoms with Crippen LogP contribution < -0.4 is 5.32 Å². The molecular weight excluding hydrogens is 206 g/mol. The molecule has 0 bridgehead atoms. The van der Waals surface area contributed by atoms with E-state index in [1.165, 1.54) is 24.8 Å². The van der Waals surface area contributed by atoms with E-state index in [2.05, 4.69) is 24.4 Å². The number of halogens is 1. The lowest BCUT2D eigenvalue weighted by atomic mass is 10.0. The molecule has 1 aromatic carbocycles. The molecule has 0 heterocycles. The molecule has 1 saturated carbocycles. The van der Waals surface area contributed by atoms with E-state index in [-0.39, 0.29) is 0 Å². The zero-order chi connectivity index (χ0) is 10.7. The lowest BCUT2D eigenvalue weighted by Crippen LogP contribution is -2.23. The minimum Gasteiger partial charge on any atom is -0.310 e. The monoisotopic (exact) mass is 223 g/mol. The van der Waals surface area contributed by atoms with Crippen LogP contribution in [-0.2, 0) is 0 Å². The van der Waals surface area contributed by atoms with Crippen LogP contribution in [0.4, 0.5) is 0 Å². The van der Waals surface area contributed by atoms with Gasteiger partial charge in [-0.2, -0.15) is 0 Å². The molecule has 15 heavy (non-hydrogen) atoms. The predicted octanol–water partition coefficient (Wildman–Crippen LogP) is 3.79. The van der Waals surface area contributed by atoms with Crippen LogP contribution in [0.2, 0.25) is 5.02 Å². The van der Waals surface area contributed by atoms with Crippen molar-refractivity contribution in [1.82, 2.24) is 5.32 Å². The van der Waals surface area contributed by atoms with Gasteiger partial charge in [-0.1, -0.05) is 30.7 Å². The maximum absolute atomic E-state index is 5.90. The van der Waals surface area contributed by atoms with E-state index in [0.717, 1.165) is 17.5 Å². The van der Waals surface area contributed by atoms with E-state index < -0.39 is 0 Å². The molecule has 1 N–H and O–H groups in total. The Hall–Kier alpha value is -0.530. The number of benzene rings is 1. The standard InChI is InChI=1S/C13H18ClN/c1-2-9-15-13(10-3-4-10)11-5-7-12(14)8-6-11/h5-8,10,13,15H,2-4,9H2,1H3. The topological polar surface area (TPSA) is 12.0 Å². The van der Waals surface area contributed by atoms with Gasteiger partial charge in [-0.25, -0.2) is 0 Å². The molecule has 1 aliphatic rings. The predicted molar refractivity (Wildman–Crippen MR) is 65.2 cm³/mol. The average Bonchev–Trinajstić information content (AvgIpc) is 3.05. The number of rotatable bonds is 5. The molecule has 0 amide bonds. The second-order valence-corrected chi connectivity index (χ2v) is 4.76. The molecule has 0 spiro atoms. The van der Waals surface area contributed by atoms with E-state index >= 15 is 0 Å². The van der Waals surface area contributed by atoms with Crippen molar-refractivity contribution in [2.45, 2.75) is 32.2 Å². The van der Waals surface area contributed by atoms with Crippen LogP contribution in [0.15, 0.2) is 24.3 Å². The summed E-state index contributed by atoms with van der Waals surface area (Å²) in [5.74, 6) is 0.845. The average molecular weight is 224 g/mol. The molecule has 0 saturated heterocycles. The summed E-state index contributed by atoms with van der Waals surface area (Å²) in [5.41, 5.74) is 1.38. The Balaban J connectivity index is 2.06. The fourth-order valence-corrected chi connectivity index (χ4v) is 2.08. The number of hydrogen-bond acceptors (Lipinski definition) is 1. The van der Waals surface area contributed by atoms with Gasteiger partial charge in [0.1, 0.15) is 0 Å². The Kier molecular flexibility index (Phi) is 3.66. The van der Waals surface area contributed by atoms with Crippen LogP contribution in [-0.4, -0.2) is 6.54 Å². The van der Waals surface area contributed by atoms with E-state index in [0.29, 0.717) is 6.04 Å². The van der Waals surface area contributed by atoms with Crippen LogP contribution in [0.3, 0.4) is 0 Å². The number of hydrogen-bond donors (Lipinski definition) is 1. The van der Waals surface area contributed by atoms with Crippen LogP contribution in [0, 0.1) is 5.92 Å². The Morgan fingerprint density at radius 3 is 2.53 bits per heavy atom. The maximum Gasteiger partial charge on any atom is 0.0406 e. The third kappa shape index (κ3) is 2.96. The lowest BCUT2D eigenvalue weighted by molar-refractivity contribution is 0.481. The van der Waals surface area contributed by atoms with Gasteiger partial charge < -0.3 is 5.32 Å². The van der Waals surface area contributed by atoms with Gasteiger partial charge in [0, 0.05) is 11.1 Å². The highest BCUT2D eigenvalue weighted by Gasteiger charge is 2.31. The van der Waals surface area contributed by atoms with Crippen molar-refractivity contribution >= 4 is 11.6 Å². The fourth-order valence-electron chi connectivity index (χ4n) is 1.96. The Labute approximate surface area is 96.8 Å². The summed E-state index contributed by atoms with van der Waals surface area (Å²) in [6.45, 7) is 3.31. The summed E-state index contributed by atoms with van der Waals surface area (Å²) in [6.07, 6.45) is 3.92. The molecule has 0 radical (unpaired) electrons. The summed E-state index contributed by atoms with van der Waals surface area (Å²) in [5, 5.41) is 4.45. The second-order valence-electron chi connectivity index (χ2n) is 4.32. The molecule has 0 aliphatic heterocycles. The van der Waals surface area contributed by atoms with Crippen molar-refractivity contribution in [2.75, 3.05) is 6.54 Å². The zero-order valence-electron chi connectivity index (χ0n) is 9.17. The van der Waals surface area contributed by atoms with Gasteiger partial charge in [-0.15, -0.1) is 0 Å². The molecule has 1 atom stereocenters. The van der Waals surface area contributed by atoms with Gasteiger partial charge in [0.15, 0.2) is 0 Å². The van der Waals surface area contributed by atoms with Crippen LogP contribution in [0.5, 0.6) is 0 Å². The van der Waals surface area contributed by atoms with Crippen molar-refractivity contribution < 1.29 is 0 Å². The van der Waals surface area contributed by atoms with E-state index in [1.807, 2.05) is 12.1 Å². The Bertz CT molecular complexity index is 303. The van der Waals surface area contributed by atoms with Crippen molar-refractivity contribution in [2.24, 2.45) is 5.92 Å². The zero-order valence-corrected chi connectivity index (χ0v) is 9.93. The maximum atomic E-state index is 5.90. The molecule has 0 aromatic heterocycles. The first kappa shape index (κ1) is 11.0. The van der Waals surface area contributed by atoms with Crippen LogP contribution >= 0.6 is 11.6 Å². The van der Waals surface area contributed by atoms with Gasteiger partial charge in [0.2, 0.25) is 0 Å². The summed E-state index contributed by atoms with van der Waals surface area (Å²) in [4.78, 5) is 0. The highest BCUT2D eigenvalue weighted by Crippen LogP contribution is 2.41. The summed E-state index contributed by atoms with van der Waals surface area (Å²) < 4.78 is 0. The molecule has 1 nitrogen and oxygen atoms in total. The molecule has 1 unspecified atom stereocenters. The quantitative estimate of drug-likeness (QED) is 0.801. The molecule has 2 rings (SSSR count). The van der Waals surface area contributed by atoms with Gasteiger partial charge in [-0.05, 0) is 49.4 Å². The summed E-state index contributed by atoms with van der Waals surface area (Å²) in [6, 6.07) is 8.81. The van der Waals surface area contributed by atoms with Gasteiger partial charge in [0.25, 0.3) is 0 Å². The third-order valence-corrected chi connectivity index (χ3v) is 3.19. The van der Waals surface area contributed by atoms with Crippen molar-refractivity contribution in [3.8, 4) is 0 Å². The van der Waals surface area contributed by atoms with Gasteiger partial charge in [-0.3, -0.25) is 0 Å². The molecule has 82 valence electrons.